The van der Waals surface area contributed by atoms with Crippen molar-refractivity contribution >= 4 is 20.1 Å². The van der Waals surface area contributed by atoms with E-state index in [-0.39, 0.29) is 5.04 Å². The lowest BCUT2D eigenvalue weighted by molar-refractivity contribution is 0.149. The van der Waals surface area contributed by atoms with Crippen molar-refractivity contribution < 1.29 is 4.43 Å². The molecule has 1 aliphatic rings. The fraction of sp³-hybridized carbons (Fsp3) is 0.500. The molecule has 2 rings (SSSR count). The Morgan fingerprint density at radius 3 is 2.39 bits per heavy atom. The molecule has 0 bridgehead atoms. The van der Waals surface area contributed by atoms with Gasteiger partial charge in [-0.15, -0.1) is 0 Å². The van der Waals surface area contributed by atoms with Gasteiger partial charge in [-0.1, -0.05) is 75.9 Å². The van der Waals surface area contributed by atoms with Crippen LogP contribution in [0, 0.1) is 5.92 Å². The normalized spacial score (nSPS) is 22.6. The molecule has 2 unspecified atom stereocenters. The van der Waals surface area contributed by atoms with Crippen LogP contribution in [0.15, 0.2) is 58.4 Å². The van der Waals surface area contributed by atoms with E-state index in [9.17, 15) is 0 Å². The number of hydrogen-bond acceptors (Lipinski definition) is 2. The maximum atomic E-state index is 6.67. The predicted molar refractivity (Wildman–Crippen MR) is 105 cm³/mol. The summed E-state index contributed by atoms with van der Waals surface area (Å²) in [6.45, 7) is 13.9. The molecule has 0 aromatic heterocycles. The van der Waals surface area contributed by atoms with Gasteiger partial charge in [0.2, 0.25) is 0 Å². The van der Waals surface area contributed by atoms with E-state index in [1.807, 2.05) is 11.8 Å². The van der Waals surface area contributed by atoms with E-state index >= 15 is 0 Å². The summed E-state index contributed by atoms with van der Waals surface area (Å²) < 4.78 is 6.67. The number of hydrogen-bond donors (Lipinski definition) is 0. The van der Waals surface area contributed by atoms with Crippen LogP contribution in [0.25, 0.3) is 0 Å². The standard InChI is InChI=1S/C20H30OSSi/c1-16-12-13-18(22-17-10-8-7-9-11-17)14-15-19(16)21-23(5,6)20(2,3)4/h7-14,16,19H,15H2,1-6H3. The third-order valence-electron chi connectivity index (χ3n) is 4.93. The lowest BCUT2D eigenvalue weighted by Crippen LogP contribution is -2.45. The zero-order chi connectivity index (χ0) is 17.1. The molecule has 2 atom stereocenters. The molecule has 1 aromatic rings. The average Bonchev–Trinajstić information content (AvgIpc) is 2.63. The number of rotatable bonds is 4. The second kappa shape index (κ2) is 7.41. The summed E-state index contributed by atoms with van der Waals surface area (Å²) in [7, 11) is -1.72. The van der Waals surface area contributed by atoms with Gasteiger partial charge in [-0.3, -0.25) is 0 Å². The molecule has 0 saturated heterocycles. The summed E-state index contributed by atoms with van der Waals surface area (Å²) in [6, 6.07) is 10.6. The van der Waals surface area contributed by atoms with Gasteiger partial charge in [0, 0.05) is 9.80 Å². The summed E-state index contributed by atoms with van der Waals surface area (Å²) in [6.07, 6.45) is 8.20. The first-order chi connectivity index (χ1) is 10.7. The molecule has 1 nitrogen and oxygen atoms in total. The lowest BCUT2D eigenvalue weighted by Gasteiger charge is -2.40. The van der Waals surface area contributed by atoms with Crippen LogP contribution in [0.2, 0.25) is 18.1 Å². The van der Waals surface area contributed by atoms with Crippen LogP contribution in [0.5, 0.6) is 0 Å². The number of benzene rings is 1. The van der Waals surface area contributed by atoms with Crippen LogP contribution in [0.1, 0.15) is 34.1 Å². The van der Waals surface area contributed by atoms with Gasteiger partial charge in [0.25, 0.3) is 0 Å². The predicted octanol–water partition coefficient (Wildman–Crippen LogP) is 6.65. The van der Waals surface area contributed by atoms with Gasteiger partial charge >= 0.3 is 0 Å². The van der Waals surface area contributed by atoms with Gasteiger partial charge < -0.3 is 4.43 Å². The smallest absolute Gasteiger partial charge is 0.192 e. The minimum atomic E-state index is -1.72. The van der Waals surface area contributed by atoms with E-state index in [0.29, 0.717) is 12.0 Å². The van der Waals surface area contributed by atoms with Gasteiger partial charge in [-0.25, -0.2) is 0 Å². The zero-order valence-electron chi connectivity index (χ0n) is 15.3. The number of allylic oxidation sites excluding steroid dienone is 1. The Bertz CT molecular complexity index is 569. The lowest BCUT2D eigenvalue weighted by atomic mass is 10.0. The largest absolute Gasteiger partial charge is 0.413 e. The summed E-state index contributed by atoms with van der Waals surface area (Å²) in [5.74, 6) is 0.453. The van der Waals surface area contributed by atoms with E-state index in [1.54, 1.807) is 0 Å². The van der Waals surface area contributed by atoms with Gasteiger partial charge in [-0.05, 0) is 42.6 Å². The molecule has 0 amide bonds. The summed E-state index contributed by atoms with van der Waals surface area (Å²) >= 11 is 1.84. The topological polar surface area (TPSA) is 9.23 Å². The minimum absolute atomic E-state index is 0.258. The van der Waals surface area contributed by atoms with Gasteiger partial charge in [0.05, 0.1) is 6.10 Å². The van der Waals surface area contributed by atoms with E-state index in [1.165, 1.54) is 9.80 Å². The number of thioether (sulfide) groups is 1. The van der Waals surface area contributed by atoms with Crippen molar-refractivity contribution in [2.75, 3.05) is 0 Å². The first-order valence-electron chi connectivity index (χ1n) is 8.48. The van der Waals surface area contributed by atoms with E-state index in [4.69, 9.17) is 4.43 Å². The first kappa shape index (κ1) is 18.6. The Labute approximate surface area is 147 Å². The molecular weight excluding hydrogens is 316 g/mol. The maximum absolute atomic E-state index is 6.67. The van der Waals surface area contributed by atoms with Gasteiger partial charge in [0.1, 0.15) is 0 Å². The third kappa shape index (κ3) is 5.10. The molecule has 0 saturated carbocycles. The highest BCUT2D eigenvalue weighted by atomic mass is 32.2. The molecule has 0 radical (unpaired) electrons. The van der Waals surface area contributed by atoms with Crippen molar-refractivity contribution in [1.82, 2.24) is 0 Å². The second-order valence-electron chi connectivity index (χ2n) is 7.89. The molecule has 0 fully saturated rings. The maximum Gasteiger partial charge on any atom is 0.192 e. The van der Waals surface area contributed by atoms with Gasteiger partial charge in [0.15, 0.2) is 8.32 Å². The molecule has 0 heterocycles. The molecule has 3 heteroatoms. The first-order valence-corrected chi connectivity index (χ1v) is 12.2. The van der Waals surface area contributed by atoms with E-state index in [0.717, 1.165) is 6.42 Å². The Morgan fingerprint density at radius 2 is 1.78 bits per heavy atom. The van der Waals surface area contributed by atoms with E-state index < -0.39 is 8.32 Å². The SMILES string of the molecule is CC1C=CC(Sc2ccccc2)=CCC1O[Si](C)(C)C(C)(C)C. The van der Waals surface area contributed by atoms with Crippen LogP contribution in [0.3, 0.4) is 0 Å². The van der Waals surface area contributed by atoms with Crippen molar-refractivity contribution in [3.63, 3.8) is 0 Å². The van der Waals surface area contributed by atoms with Crippen molar-refractivity contribution in [2.45, 2.75) is 63.2 Å². The molecule has 0 aliphatic heterocycles. The van der Waals surface area contributed by atoms with Crippen molar-refractivity contribution in [3.8, 4) is 0 Å². The molecule has 0 N–H and O–H groups in total. The third-order valence-corrected chi connectivity index (χ3v) is 10.5. The molecule has 0 spiro atoms. The minimum Gasteiger partial charge on any atom is -0.413 e. The molecule has 23 heavy (non-hydrogen) atoms. The highest BCUT2D eigenvalue weighted by Gasteiger charge is 2.39. The fourth-order valence-electron chi connectivity index (χ4n) is 2.30. The Morgan fingerprint density at radius 1 is 1.13 bits per heavy atom. The van der Waals surface area contributed by atoms with Crippen molar-refractivity contribution in [3.05, 3.63) is 53.5 Å². The quantitative estimate of drug-likeness (QED) is 0.564. The van der Waals surface area contributed by atoms with Crippen molar-refractivity contribution in [1.29, 1.82) is 0 Å². The molecular formula is C20H30OSSi. The monoisotopic (exact) mass is 346 g/mol. The highest BCUT2D eigenvalue weighted by Crippen LogP contribution is 2.39. The van der Waals surface area contributed by atoms with Crippen LogP contribution in [-0.2, 0) is 4.43 Å². The Hall–Kier alpha value is -0.773. The molecule has 1 aliphatic carbocycles. The second-order valence-corrected chi connectivity index (χ2v) is 13.8. The fourth-order valence-corrected chi connectivity index (χ4v) is 4.61. The van der Waals surface area contributed by atoms with Crippen LogP contribution in [0.4, 0.5) is 0 Å². The Balaban J connectivity index is 2.08. The molecule has 126 valence electrons. The Kier molecular flexibility index (Phi) is 5.98. The van der Waals surface area contributed by atoms with E-state index in [2.05, 4.69) is 89.3 Å². The summed E-state index contributed by atoms with van der Waals surface area (Å²) in [5.41, 5.74) is 0. The summed E-state index contributed by atoms with van der Waals surface area (Å²) in [5, 5.41) is 0.258. The van der Waals surface area contributed by atoms with Crippen LogP contribution >= 0.6 is 11.8 Å². The zero-order valence-corrected chi connectivity index (χ0v) is 17.1. The average molecular weight is 347 g/mol. The summed E-state index contributed by atoms with van der Waals surface area (Å²) in [4.78, 5) is 2.61. The van der Waals surface area contributed by atoms with Crippen LogP contribution in [-0.4, -0.2) is 14.4 Å². The van der Waals surface area contributed by atoms with Gasteiger partial charge in [-0.2, -0.15) is 0 Å². The molecule has 1 aromatic carbocycles. The highest BCUT2D eigenvalue weighted by molar-refractivity contribution is 8.03. The van der Waals surface area contributed by atoms with Crippen LogP contribution < -0.4 is 0 Å². The van der Waals surface area contributed by atoms with Crippen molar-refractivity contribution in [2.24, 2.45) is 5.92 Å².